The topological polar surface area (TPSA) is 30.8 Å². The van der Waals surface area contributed by atoms with E-state index in [4.69, 9.17) is 4.74 Å². The van der Waals surface area contributed by atoms with Crippen molar-refractivity contribution in [3.8, 4) is 5.75 Å². The third-order valence-corrected chi connectivity index (χ3v) is 2.44. The van der Waals surface area contributed by atoms with E-state index in [1.54, 1.807) is 6.21 Å². The molecule has 0 saturated carbocycles. The number of nitrogens with zero attached hydrogens (tertiary/aromatic N) is 1. The van der Waals surface area contributed by atoms with Crippen molar-refractivity contribution in [1.82, 2.24) is 0 Å². The number of hydrogen-bond donors (Lipinski definition) is 0. The summed E-state index contributed by atoms with van der Waals surface area (Å²) in [7, 11) is 1.52. The van der Waals surface area contributed by atoms with Crippen LogP contribution < -0.4 is 4.74 Å². The highest BCUT2D eigenvalue weighted by molar-refractivity contribution is 5.79. The monoisotopic (exact) mass is 241 g/mol. The Labute approximate surface area is 107 Å². The van der Waals surface area contributed by atoms with Crippen molar-refractivity contribution in [1.29, 1.82) is 0 Å². The van der Waals surface area contributed by atoms with Crippen LogP contribution in [0.2, 0.25) is 0 Å². The molecule has 0 aliphatic heterocycles. The molecule has 0 aliphatic carbocycles. The summed E-state index contributed by atoms with van der Waals surface area (Å²) in [6.07, 6.45) is 1.65. The number of ether oxygens (including phenoxy) is 1. The third kappa shape index (κ3) is 3.63. The van der Waals surface area contributed by atoms with Crippen molar-refractivity contribution in [3.63, 3.8) is 0 Å². The second-order valence-electron chi connectivity index (χ2n) is 3.76. The molecule has 0 heterocycles. The van der Waals surface area contributed by atoms with Gasteiger partial charge in [-0.1, -0.05) is 35.5 Å². The van der Waals surface area contributed by atoms with Crippen molar-refractivity contribution in [2.75, 3.05) is 7.11 Å². The number of benzene rings is 2. The average molecular weight is 241 g/mol. The summed E-state index contributed by atoms with van der Waals surface area (Å²) in [6.45, 7) is 0.576. The lowest BCUT2D eigenvalue weighted by atomic mass is 10.2. The largest absolute Gasteiger partial charge is 0.489 e. The van der Waals surface area contributed by atoms with Gasteiger partial charge in [0, 0.05) is 0 Å². The SMILES string of the molecule is CO/N=C/c1ccc(OCc2ccccc2)cc1. The molecule has 0 aliphatic rings. The van der Waals surface area contributed by atoms with Gasteiger partial charge in [0.15, 0.2) is 0 Å². The Balaban J connectivity index is 1.92. The molecule has 0 bridgehead atoms. The molecule has 2 aromatic carbocycles. The second kappa shape index (κ2) is 6.45. The average Bonchev–Trinajstić information content (AvgIpc) is 2.45. The summed E-state index contributed by atoms with van der Waals surface area (Å²) in [4.78, 5) is 4.62. The maximum atomic E-state index is 5.68. The highest BCUT2D eigenvalue weighted by Gasteiger charge is 1.95. The van der Waals surface area contributed by atoms with Crippen LogP contribution in [0.15, 0.2) is 59.8 Å². The molecule has 0 atom stereocenters. The summed E-state index contributed by atoms with van der Waals surface area (Å²) in [5.41, 5.74) is 2.13. The molecule has 3 nitrogen and oxygen atoms in total. The fraction of sp³-hybridized carbons (Fsp3) is 0.133. The van der Waals surface area contributed by atoms with E-state index in [2.05, 4.69) is 9.99 Å². The van der Waals surface area contributed by atoms with Crippen molar-refractivity contribution in [3.05, 3.63) is 65.7 Å². The van der Waals surface area contributed by atoms with Crippen LogP contribution in [0.3, 0.4) is 0 Å². The highest BCUT2D eigenvalue weighted by atomic mass is 16.6. The summed E-state index contributed by atoms with van der Waals surface area (Å²) in [5, 5.41) is 3.70. The molecule has 0 aromatic heterocycles. The molecule has 0 N–H and O–H groups in total. The lowest BCUT2D eigenvalue weighted by molar-refractivity contribution is 0.215. The van der Waals surface area contributed by atoms with Gasteiger partial charge in [-0.3, -0.25) is 0 Å². The molecule has 2 aromatic rings. The minimum Gasteiger partial charge on any atom is -0.489 e. The van der Waals surface area contributed by atoms with E-state index in [9.17, 15) is 0 Å². The van der Waals surface area contributed by atoms with Gasteiger partial charge < -0.3 is 9.57 Å². The summed E-state index contributed by atoms with van der Waals surface area (Å²) in [5.74, 6) is 0.841. The molecule has 0 saturated heterocycles. The van der Waals surface area contributed by atoms with Crippen LogP contribution in [0, 0.1) is 0 Å². The van der Waals surface area contributed by atoms with Crippen LogP contribution in [0.4, 0.5) is 0 Å². The molecular formula is C15H15NO2. The first-order valence-electron chi connectivity index (χ1n) is 5.72. The van der Waals surface area contributed by atoms with Crippen LogP contribution in [0.1, 0.15) is 11.1 Å². The maximum Gasteiger partial charge on any atom is 0.119 e. The fourth-order valence-corrected chi connectivity index (χ4v) is 1.50. The van der Waals surface area contributed by atoms with Crippen molar-refractivity contribution >= 4 is 6.21 Å². The van der Waals surface area contributed by atoms with Gasteiger partial charge in [0.25, 0.3) is 0 Å². The Morgan fingerprint density at radius 3 is 2.39 bits per heavy atom. The third-order valence-electron chi connectivity index (χ3n) is 2.44. The van der Waals surface area contributed by atoms with Gasteiger partial charge in [0.1, 0.15) is 19.5 Å². The van der Waals surface area contributed by atoms with E-state index < -0.39 is 0 Å². The van der Waals surface area contributed by atoms with E-state index >= 15 is 0 Å². The Morgan fingerprint density at radius 1 is 1.00 bits per heavy atom. The zero-order valence-electron chi connectivity index (χ0n) is 10.2. The van der Waals surface area contributed by atoms with Gasteiger partial charge in [-0.05, 0) is 35.4 Å². The normalized spacial score (nSPS) is 10.5. The number of oxime groups is 1. The van der Waals surface area contributed by atoms with Crippen LogP contribution in [0.25, 0.3) is 0 Å². The van der Waals surface area contributed by atoms with Crippen molar-refractivity contribution < 1.29 is 9.57 Å². The van der Waals surface area contributed by atoms with Gasteiger partial charge in [-0.25, -0.2) is 0 Å². The van der Waals surface area contributed by atoms with Gasteiger partial charge in [0.05, 0.1) is 6.21 Å². The van der Waals surface area contributed by atoms with E-state index in [0.717, 1.165) is 16.9 Å². The van der Waals surface area contributed by atoms with Crippen molar-refractivity contribution in [2.24, 2.45) is 5.16 Å². The lowest BCUT2D eigenvalue weighted by Crippen LogP contribution is -1.95. The Kier molecular flexibility index (Phi) is 4.36. The molecular weight excluding hydrogens is 226 g/mol. The number of hydrogen-bond acceptors (Lipinski definition) is 3. The highest BCUT2D eigenvalue weighted by Crippen LogP contribution is 2.13. The lowest BCUT2D eigenvalue weighted by Gasteiger charge is -2.06. The van der Waals surface area contributed by atoms with E-state index in [-0.39, 0.29) is 0 Å². The molecule has 92 valence electrons. The van der Waals surface area contributed by atoms with Gasteiger partial charge >= 0.3 is 0 Å². The minimum atomic E-state index is 0.576. The Morgan fingerprint density at radius 2 is 1.72 bits per heavy atom. The zero-order chi connectivity index (χ0) is 12.6. The smallest absolute Gasteiger partial charge is 0.119 e. The first kappa shape index (κ1) is 12.2. The first-order valence-corrected chi connectivity index (χ1v) is 5.72. The zero-order valence-corrected chi connectivity index (χ0v) is 10.2. The van der Waals surface area contributed by atoms with Crippen LogP contribution in [-0.2, 0) is 11.4 Å². The summed E-state index contributed by atoms with van der Waals surface area (Å²) < 4.78 is 5.68. The molecule has 0 fully saturated rings. The fourth-order valence-electron chi connectivity index (χ4n) is 1.50. The van der Waals surface area contributed by atoms with Gasteiger partial charge in [-0.2, -0.15) is 0 Å². The molecule has 0 unspecified atom stereocenters. The van der Waals surface area contributed by atoms with Crippen molar-refractivity contribution in [2.45, 2.75) is 6.61 Å². The van der Waals surface area contributed by atoms with E-state index in [0.29, 0.717) is 6.61 Å². The first-order chi connectivity index (χ1) is 8.88. The molecule has 0 amide bonds. The molecule has 18 heavy (non-hydrogen) atoms. The predicted octanol–water partition coefficient (Wildman–Crippen LogP) is 3.25. The van der Waals surface area contributed by atoms with Crippen LogP contribution in [-0.4, -0.2) is 13.3 Å². The molecule has 2 rings (SSSR count). The van der Waals surface area contributed by atoms with Crippen LogP contribution in [0.5, 0.6) is 5.75 Å². The van der Waals surface area contributed by atoms with E-state index in [1.165, 1.54) is 7.11 Å². The number of rotatable bonds is 5. The summed E-state index contributed by atoms with van der Waals surface area (Å²) >= 11 is 0. The van der Waals surface area contributed by atoms with Gasteiger partial charge in [0.2, 0.25) is 0 Å². The molecule has 3 heteroatoms. The predicted molar refractivity (Wildman–Crippen MR) is 71.8 cm³/mol. The Bertz CT molecular complexity index is 492. The molecule has 0 radical (unpaired) electrons. The quantitative estimate of drug-likeness (QED) is 0.594. The van der Waals surface area contributed by atoms with E-state index in [1.807, 2.05) is 54.6 Å². The Hall–Kier alpha value is -2.29. The van der Waals surface area contributed by atoms with Crippen LogP contribution >= 0.6 is 0 Å². The van der Waals surface area contributed by atoms with Gasteiger partial charge in [-0.15, -0.1) is 0 Å². The minimum absolute atomic E-state index is 0.576. The summed E-state index contributed by atoms with van der Waals surface area (Å²) in [6, 6.07) is 17.8. The maximum absolute atomic E-state index is 5.68. The second-order valence-corrected chi connectivity index (χ2v) is 3.76. The standard InChI is InChI=1S/C15H15NO2/c1-17-16-11-13-7-9-15(10-8-13)18-12-14-5-3-2-4-6-14/h2-11H,12H2,1H3/b16-11+. The molecule has 0 spiro atoms.